The molecule has 0 fully saturated rings. The molecular formula is C36H54N10O7. The van der Waals surface area contributed by atoms with Gasteiger partial charge >= 0.3 is 0 Å². The zero-order valence-electron chi connectivity index (χ0n) is 30.9. The van der Waals surface area contributed by atoms with Crippen LogP contribution in [0.1, 0.15) is 65.0 Å². The summed E-state index contributed by atoms with van der Waals surface area (Å²) in [7, 11) is 0. The van der Waals surface area contributed by atoms with Crippen molar-refractivity contribution in [1.29, 1.82) is 5.41 Å². The quantitative estimate of drug-likeness (QED) is 0.0374. The number of nitrogens with one attached hydrogen (secondary N) is 7. The third kappa shape index (κ3) is 16.5. The molecule has 0 saturated heterocycles. The average Bonchev–Trinajstić information content (AvgIpc) is 3.08. The molecule has 5 atom stereocenters. The lowest BCUT2D eigenvalue weighted by Crippen LogP contribution is -2.58. The van der Waals surface area contributed by atoms with Crippen molar-refractivity contribution in [3.63, 3.8) is 0 Å². The van der Waals surface area contributed by atoms with Crippen molar-refractivity contribution in [2.75, 3.05) is 6.54 Å². The van der Waals surface area contributed by atoms with Crippen molar-refractivity contribution in [2.24, 2.45) is 22.5 Å². The van der Waals surface area contributed by atoms with E-state index in [4.69, 9.17) is 16.9 Å². The average molecular weight is 739 g/mol. The Bertz CT molecular complexity index is 1580. The van der Waals surface area contributed by atoms with Gasteiger partial charge in [0.2, 0.25) is 23.6 Å². The van der Waals surface area contributed by atoms with Gasteiger partial charge in [0.05, 0.1) is 6.04 Å². The number of hydrogen-bond acceptors (Lipinski definition) is 10. The second-order valence-electron chi connectivity index (χ2n) is 13.4. The molecule has 53 heavy (non-hydrogen) atoms. The highest BCUT2D eigenvalue weighted by Crippen LogP contribution is 2.14. The minimum absolute atomic E-state index is 0.0113. The van der Waals surface area contributed by atoms with Gasteiger partial charge in [-0.2, -0.15) is 5.10 Å². The molecular weight excluding hydrogens is 684 g/mol. The van der Waals surface area contributed by atoms with E-state index in [0.717, 1.165) is 0 Å². The lowest BCUT2D eigenvalue weighted by Gasteiger charge is -2.26. The van der Waals surface area contributed by atoms with E-state index in [-0.39, 0.29) is 55.6 Å². The number of hydrazone groups is 1. The maximum atomic E-state index is 13.8. The maximum Gasteiger partial charge on any atom is 0.262 e. The maximum absolute atomic E-state index is 13.8. The Morgan fingerprint density at radius 3 is 1.68 bits per heavy atom. The van der Waals surface area contributed by atoms with Crippen molar-refractivity contribution in [1.82, 2.24) is 32.0 Å². The molecule has 0 saturated carbocycles. The van der Waals surface area contributed by atoms with Crippen LogP contribution in [0.25, 0.3) is 0 Å². The zero-order chi connectivity index (χ0) is 39.7. The lowest BCUT2D eigenvalue weighted by molar-refractivity contribution is -0.134. The molecule has 0 aliphatic rings. The van der Waals surface area contributed by atoms with E-state index < -0.39 is 59.7 Å². The number of guanidine groups is 1. The number of aromatic hydroxyl groups is 2. The Labute approximate surface area is 309 Å². The summed E-state index contributed by atoms with van der Waals surface area (Å²) >= 11 is 0. The molecule has 290 valence electrons. The van der Waals surface area contributed by atoms with Crippen molar-refractivity contribution >= 4 is 41.2 Å². The molecule has 0 radical (unpaired) electrons. The number of carbonyl (C=O) groups is 5. The van der Waals surface area contributed by atoms with E-state index in [1.807, 2.05) is 13.8 Å². The van der Waals surface area contributed by atoms with Gasteiger partial charge in [0, 0.05) is 25.1 Å². The first kappa shape index (κ1) is 43.5. The Balaban J connectivity index is 2.27. The van der Waals surface area contributed by atoms with Gasteiger partial charge in [0.15, 0.2) is 5.96 Å². The summed E-state index contributed by atoms with van der Waals surface area (Å²) < 4.78 is 0. The summed E-state index contributed by atoms with van der Waals surface area (Å²) in [6, 6.07) is 6.65. The molecule has 17 nitrogen and oxygen atoms in total. The molecule has 2 rings (SSSR count). The Hall–Kier alpha value is -5.71. The molecule has 2 aromatic carbocycles. The van der Waals surface area contributed by atoms with E-state index in [0.29, 0.717) is 23.3 Å². The van der Waals surface area contributed by atoms with Crippen LogP contribution in [0.3, 0.4) is 0 Å². The van der Waals surface area contributed by atoms with E-state index in [1.165, 1.54) is 31.2 Å². The van der Waals surface area contributed by atoms with Gasteiger partial charge in [0.1, 0.15) is 35.7 Å². The molecule has 0 aliphatic heterocycles. The Morgan fingerprint density at radius 2 is 1.19 bits per heavy atom. The van der Waals surface area contributed by atoms with Gasteiger partial charge < -0.3 is 48.3 Å². The minimum Gasteiger partial charge on any atom is -0.508 e. The van der Waals surface area contributed by atoms with Crippen LogP contribution < -0.4 is 43.5 Å². The summed E-state index contributed by atoms with van der Waals surface area (Å²) in [5.41, 5.74) is 15.7. The lowest BCUT2D eigenvalue weighted by atomic mass is 10.0. The first-order valence-corrected chi connectivity index (χ1v) is 17.4. The van der Waals surface area contributed by atoms with E-state index in [2.05, 4.69) is 37.1 Å². The highest BCUT2D eigenvalue weighted by molar-refractivity contribution is 5.96. The topological polar surface area (TPSA) is 286 Å². The predicted molar refractivity (Wildman–Crippen MR) is 201 cm³/mol. The number of hydrogen-bond donors (Lipinski definition) is 11. The molecule has 17 heteroatoms. The Morgan fingerprint density at radius 1 is 0.717 bits per heavy atom. The van der Waals surface area contributed by atoms with Crippen LogP contribution in [0.4, 0.5) is 0 Å². The third-order valence-corrected chi connectivity index (χ3v) is 7.84. The van der Waals surface area contributed by atoms with Crippen molar-refractivity contribution in [2.45, 2.75) is 96.9 Å². The van der Waals surface area contributed by atoms with E-state index in [9.17, 15) is 34.2 Å². The SMILES string of the molecule is CC(C)=NNC(=O)[C@H](Cc1ccc(O)cc1)NC(=O)[C@H](C)NC(=O)[C@H](CCCNC(=N)N)NC(=O)[C@H](Cc1ccc(O)cc1)NC(=O)[C@@H](N)CC(C)C. The van der Waals surface area contributed by atoms with Gasteiger partial charge in [-0.25, -0.2) is 5.43 Å². The molecule has 0 aliphatic carbocycles. The van der Waals surface area contributed by atoms with Crippen LogP contribution in [0.15, 0.2) is 53.6 Å². The number of rotatable bonds is 20. The van der Waals surface area contributed by atoms with Gasteiger partial charge in [-0.1, -0.05) is 38.1 Å². The largest absolute Gasteiger partial charge is 0.508 e. The van der Waals surface area contributed by atoms with E-state index >= 15 is 0 Å². The first-order chi connectivity index (χ1) is 24.9. The van der Waals surface area contributed by atoms with Gasteiger partial charge in [-0.05, 0) is 81.3 Å². The summed E-state index contributed by atoms with van der Waals surface area (Å²) in [5, 5.41) is 44.0. The molecule has 0 spiro atoms. The number of nitrogens with zero attached hydrogens (tertiary/aromatic N) is 1. The number of carbonyl (C=O) groups excluding carboxylic acids is 5. The fourth-order valence-electron chi connectivity index (χ4n) is 5.04. The van der Waals surface area contributed by atoms with Gasteiger partial charge in [0.25, 0.3) is 5.91 Å². The van der Waals surface area contributed by atoms with E-state index in [1.54, 1.807) is 38.1 Å². The third-order valence-electron chi connectivity index (χ3n) is 7.84. The molecule has 0 heterocycles. The van der Waals surface area contributed by atoms with Gasteiger partial charge in [-0.15, -0.1) is 0 Å². The van der Waals surface area contributed by atoms with Crippen molar-refractivity contribution < 1.29 is 34.2 Å². The Kier molecular flexibility index (Phi) is 17.7. The number of amides is 5. The van der Waals surface area contributed by atoms with Crippen LogP contribution >= 0.6 is 0 Å². The van der Waals surface area contributed by atoms with Crippen LogP contribution in [-0.4, -0.2) is 88.2 Å². The number of phenols is 2. The fourth-order valence-corrected chi connectivity index (χ4v) is 5.04. The smallest absolute Gasteiger partial charge is 0.262 e. The highest BCUT2D eigenvalue weighted by Gasteiger charge is 2.31. The predicted octanol–water partition coefficient (Wildman–Crippen LogP) is -0.00923. The normalized spacial score (nSPS) is 13.6. The minimum atomic E-state index is -1.20. The first-order valence-electron chi connectivity index (χ1n) is 17.4. The summed E-state index contributed by atoms with van der Waals surface area (Å²) in [6.07, 6.45) is 0.763. The molecule has 13 N–H and O–H groups in total. The van der Waals surface area contributed by atoms with Crippen molar-refractivity contribution in [3.05, 3.63) is 59.7 Å². The summed E-state index contributed by atoms with van der Waals surface area (Å²) in [4.78, 5) is 66.8. The van der Waals surface area contributed by atoms with Crippen LogP contribution in [0.2, 0.25) is 0 Å². The zero-order valence-corrected chi connectivity index (χ0v) is 30.9. The molecule has 5 amide bonds. The van der Waals surface area contributed by atoms with Crippen molar-refractivity contribution in [3.8, 4) is 11.5 Å². The standard InChI is InChI=1S/C36H54N10O7/c1-20(2)17-27(37)32(50)44-29(18-23-8-12-25(47)13-9-23)34(52)42-28(7-6-16-40-36(38)39)33(51)41-22(5)31(49)43-30(35(53)46-45-21(3)4)19-24-10-14-26(48)15-11-24/h8-15,20,22,27-30,47-48H,6-7,16-19,37H2,1-5H3,(H,41,51)(H,42,52)(H,43,49)(H,44,50)(H,46,53)(H4,38,39,40)/t22-,27-,28-,29-,30-/m0/s1. The fraction of sp³-hybridized carbons (Fsp3) is 0.472. The second-order valence-corrected chi connectivity index (χ2v) is 13.4. The number of benzene rings is 2. The molecule has 2 aromatic rings. The van der Waals surface area contributed by atoms with Crippen LogP contribution in [0.5, 0.6) is 11.5 Å². The number of nitrogens with two attached hydrogens (primary N) is 2. The molecule has 0 unspecified atom stereocenters. The monoisotopic (exact) mass is 738 g/mol. The van der Waals surface area contributed by atoms with Gasteiger partial charge in [-0.3, -0.25) is 29.4 Å². The summed E-state index contributed by atoms with van der Waals surface area (Å²) in [6.45, 7) is 8.80. The highest BCUT2D eigenvalue weighted by atomic mass is 16.3. The summed E-state index contributed by atoms with van der Waals surface area (Å²) in [5.74, 6) is -3.40. The van der Waals surface area contributed by atoms with Crippen LogP contribution in [-0.2, 0) is 36.8 Å². The molecule has 0 bridgehead atoms. The molecule has 0 aromatic heterocycles. The second kappa shape index (κ2) is 21.6. The van der Waals surface area contributed by atoms with Crippen LogP contribution in [0, 0.1) is 11.3 Å². The number of phenolic OH excluding ortho intramolecular Hbond substituents is 2.